The van der Waals surface area contributed by atoms with Crippen LogP contribution in [0.3, 0.4) is 0 Å². The number of hydrogen-bond acceptors (Lipinski definition) is 2. The van der Waals surface area contributed by atoms with E-state index in [1.165, 1.54) is 22.9 Å². The van der Waals surface area contributed by atoms with E-state index >= 15 is 0 Å². The number of H-pyrrole nitrogens is 1. The molecule has 0 atom stereocenters. The summed E-state index contributed by atoms with van der Waals surface area (Å²) in [6.07, 6.45) is 4.06. The Morgan fingerprint density at radius 3 is 2.70 bits per heavy atom. The lowest BCUT2D eigenvalue weighted by Gasteiger charge is -2.02. The van der Waals surface area contributed by atoms with E-state index in [-0.39, 0.29) is 11.4 Å². The van der Waals surface area contributed by atoms with Gasteiger partial charge in [-0.25, -0.2) is 9.07 Å². The van der Waals surface area contributed by atoms with Crippen LogP contribution < -0.4 is 5.56 Å². The Bertz CT molecular complexity index is 760. The molecule has 0 saturated heterocycles. The van der Waals surface area contributed by atoms with E-state index in [1.807, 2.05) is 12.1 Å². The van der Waals surface area contributed by atoms with Crippen molar-refractivity contribution in [2.75, 3.05) is 0 Å². The maximum absolute atomic E-state index is 12.9. The van der Waals surface area contributed by atoms with Crippen molar-refractivity contribution in [2.24, 2.45) is 0 Å². The van der Waals surface area contributed by atoms with Crippen LogP contribution in [-0.2, 0) is 6.42 Å². The summed E-state index contributed by atoms with van der Waals surface area (Å²) in [6, 6.07) is 11.1. The first-order valence-corrected chi connectivity index (χ1v) is 6.18. The number of benzene rings is 1. The van der Waals surface area contributed by atoms with Crippen molar-refractivity contribution in [1.29, 1.82) is 0 Å². The van der Waals surface area contributed by atoms with E-state index in [9.17, 15) is 9.18 Å². The Kier molecular flexibility index (Phi) is 3.16. The largest absolute Gasteiger partial charge is 0.295 e. The second-order valence-corrected chi connectivity index (χ2v) is 4.47. The predicted molar refractivity (Wildman–Crippen MR) is 73.4 cm³/mol. The topological polar surface area (TPSA) is 50.7 Å². The molecule has 1 aromatic carbocycles. The number of rotatable bonds is 3. The van der Waals surface area contributed by atoms with Crippen LogP contribution in [0.1, 0.15) is 11.3 Å². The van der Waals surface area contributed by atoms with Gasteiger partial charge in [0.2, 0.25) is 0 Å². The van der Waals surface area contributed by atoms with E-state index in [2.05, 4.69) is 10.1 Å². The smallest absolute Gasteiger partial charge is 0.271 e. The Labute approximate surface area is 114 Å². The molecule has 0 unspecified atom stereocenters. The highest BCUT2D eigenvalue weighted by Gasteiger charge is 2.06. The molecule has 0 fully saturated rings. The average Bonchev–Trinajstić information content (AvgIpc) is 2.81. The highest BCUT2D eigenvalue weighted by Crippen LogP contribution is 2.08. The molecule has 3 rings (SSSR count). The molecule has 2 aromatic heterocycles. The normalized spacial score (nSPS) is 10.7. The van der Waals surface area contributed by atoms with E-state index < -0.39 is 0 Å². The van der Waals surface area contributed by atoms with Gasteiger partial charge in [-0.1, -0.05) is 6.07 Å². The van der Waals surface area contributed by atoms with Crippen molar-refractivity contribution in [3.8, 4) is 5.69 Å². The third-order valence-electron chi connectivity index (χ3n) is 2.98. The summed E-state index contributed by atoms with van der Waals surface area (Å²) in [6.45, 7) is 0. The van der Waals surface area contributed by atoms with Crippen LogP contribution in [0.25, 0.3) is 5.69 Å². The number of nitrogens with one attached hydrogen (secondary N) is 1. The van der Waals surface area contributed by atoms with Gasteiger partial charge in [-0.05, 0) is 35.9 Å². The van der Waals surface area contributed by atoms with Crippen molar-refractivity contribution >= 4 is 0 Å². The molecule has 1 N–H and O–H groups in total. The molecule has 0 amide bonds. The summed E-state index contributed by atoms with van der Waals surface area (Å²) in [5.41, 5.74) is 2.23. The first-order valence-electron chi connectivity index (χ1n) is 6.18. The lowest BCUT2D eigenvalue weighted by Crippen LogP contribution is -2.13. The van der Waals surface area contributed by atoms with Gasteiger partial charge in [-0.15, -0.1) is 0 Å². The fourth-order valence-electron chi connectivity index (χ4n) is 2.04. The number of hydrogen-bond donors (Lipinski definition) is 1. The zero-order valence-corrected chi connectivity index (χ0v) is 10.6. The summed E-state index contributed by atoms with van der Waals surface area (Å²) in [5.74, 6) is -0.330. The van der Waals surface area contributed by atoms with Crippen LogP contribution in [0.15, 0.2) is 59.7 Å². The van der Waals surface area contributed by atoms with Gasteiger partial charge in [-0.3, -0.25) is 14.9 Å². The van der Waals surface area contributed by atoms with Crippen LogP contribution in [0.5, 0.6) is 0 Å². The molecule has 0 spiro atoms. The highest BCUT2D eigenvalue weighted by molar-refractivity contribution is 5.31. The maximum Gasteiger partial charge on any atom is 0.271 e. The van der Waals surface area contributed by atoms with E-state index in [4.69, 9.17) is 0 Å². The number of aromatic amines is 1. The Morgan fingerprint density at radius 2 is 2.00 bits per heavy atom. The van der Waals surface area contributed by atoms with Crippen LogP contribution in [0.2, 0.25) is 0 Å². The van der Waals surface area contributed by atoms with Gasteiger partial charge in [0.15, 0.2) is 0 Å². The molecule has 2 heterocycles. The fourth-order valence-corrected chi connectivity index (χ4v) is 2.04. The standard InChI is InChI=1S/C15H12FN3O/c16-12-3-5-14(6-4-12)19-15(20)9-13(18-19)8-11-2-1-7-17-10-11/h1-7,9-10,18H,8H2. The van der Waals surface area contributed by atoms with Crippen molar-refractivity contribution < 1.29 is 4.39 Å². The van der Waals surface area contributed by atoms with Gasteiger partial charge in [0.1, 0.15) is 5.82 Å². The molecule has 0 saturated carbocycles. The maximum atomic E-state index is 12.9. The Balaban J connectivity index is 1.91. The first kappa shape index (κ1) is 12.3. The fraction of sp³-hybridized carbons (Fsp3) is 0.0667. The van der Waals surface area contributed by atoms with Gasteiger partial charge in [0, 0.05) is 30.6 Å². The third kappa shape index (κ3) is 2.51. The summed E-state index contributed by atoms with van der Waals surface area (Å²) in [5, 5.41) is 3.02. The van der Waals surface area contributed by atoms with Crippen molar-refractivity contribution in [2.45, 2.75) is 6.42 Å². The van der Waals surface area contributed by atoms with Gasteiger partial charge in [0.05, 0.1) is 5.69 Å². The minimum absolute atomic E-state index is 0.171. The van der Waals surface area contributed by atoms with Gasteiger partial charge < -0.3 is 0 Å². The van der Waals surface area contributed by atoms with Crippen LogP contribution in [-0.4, -0.2) is 14.8 Å². The minimum Gasteiger partial charge on any atom is -0.295 e. The molecule has 0 bridgehead atoms. The van der Waals surface area contributed by atoms with Crippen LogP contribution in [0.4, 0.5) is 4.39 Å². The number of halogens is 1. The van der Waals surface area contributed by atoms with Crippen molar-refractivity contribution in [3.63, 3.8) is 0 Å². The summed E-state index contributed by atoms with van der Waals surface area (Å²) >= 11 is 0. The Hall–Kier alpha value is -2.69. The zero-order valence-electron chi connectivity index (χ0n) is 10.6. The monoisotopic (exact) mass is 269 g/mol. The number of nitrogens with zero attached hydrogens (tertiary/aromatic N) is 2. The molecular formula is C15H12FN3O. The second-order valence-electron chi connectivity index (χ2n) is 4.47. The molecule has 0 aliphatic heterocycles. The number of aromatic nitrogens is 3. The summed E-state index contributed by atoms with van der Waals surface area (Å²) in [4.78, 5) is 16.0. The van der Waals surface area contributed by atoms with Gasteiger partial charge in [0.25, 0.3) is 5.56 Å². The molecule has 0 aliphatic rings. The SMILES string of the molecule is O=c1cc(Cc2cccnc2)[nH]n1-c1ccc(F)cc1. The van der Waals surface area contributed by atoms with E-state index in [1.54, 1.807) is 24.5 Å². The molecule has 20 heavy (non-hydrogen) atoms. The number of pyridine rings is 1. The molecule has 100 valence electrons. The third-order valence-corrected chi connectivity index (χ3v) is 2.98. The zero-order chi connectivity index (χ0) is 13.9. The van der Waals surface area contributed by atoms with Crippen LogP contribution in [0, 0.1) is 5.82 Å². The molecule has 0 aliphatic carbocycles. The van der Waals surface area contributed by atoms with Crippen molar-refractivity contribution in [3.05, 3.63) is 82.3 Å². The van der Waals surface area contributed by atoms with Crippen LogP contribution >= 0.6 is 0 Å². The van der Waals surface area contributed by atoms with E-state index in [0.29, 0.717) is 12.1 Å². The minimum atomic E-state index is -0.330. The average molecular weight is 269 g/mol. The summed E-state index contributed by atoms with van der Waals surface area (Å²) < 4.78 is 14.3. The Morgan fingerprint density at radius 1 is 1.20 bits per heavy atom. The second kappa shape index (κ2) is 5.13. The molecule has 4 nitrogen and oxygen atoms in total. The van der Waals surface area contributed by atoms with E-state index in [0.717, 1.165) is 11.3 Å². The molecule has 0 radical (unpaired) electrons. The molecular weight excluding hydrogens is 257 g/mol. The molecule has 3 aromatic rings. The van der Waals surface area contributed by atoms with Gasteiger partial charge in [-0.2, -0.15) is 0 Å². The predicted octanol–water partition coefficient (Wildman–Crippen LogP) is 2.29. The lowest BCUT2D eigenvalue weighted by molar-refractivity contribution is 0.627. The first-order chi connectivity index (χ1) is 9.72. The van der Waals surface area contributed by atoms with Gasteiger partial charge >= 0.3 is 0 Å². The quantitative estimate of drug-likeness (QED) is 0.793. The van der Waals surface area contributed by atoms with Crippen molar-refractivity contribution in [1.82, 2.24) is 14.8 Å². The molecule has 5 heteroatoms. The lowest BCUT2D eigenvalue weighted by atomic mass is 10.2. The summed E-state index contributed by atoms with van der Waals surface area (Å²) in [7, 11) is 0. The highest BCUT2D eigenvalue weighted by atomic mass is 19.1.